The summed E-state index contributed by atoms with van der Waals surface area (Å²) in [4.78, 5) is 25.2. The Bertz CT molecular complexity index is 313. The molecule has 0 aliphatic carbocycles. The molecule has 4 N–H and O–H groups in total. The summed E-state index contributed by atoms with van der Waals surface area (Å²) in [5, 5.41) is 5.01. The number of hydrogen-bond donors (Lipinski definition) is 3. The van der Waals surface area contributed by atoms with Gasteiger partial charge in [-0.3, -0.25) is 15.0 Å². The zero-order chi connectivity index (χ0) is 14.3. The van der Waals surface area contributed by atoms with Crippen molar-refractivity contribution in [2.24, 2.45) is 17.6 Å². The van der Waals surface area contributed by atoms with E-state index in [0.29, 0.717) is 24.9 Å². The lowest BCUT2D eigenvalue weighted by atomic mass is 9.98. The number of nitrogens with two attached hydrogens (primary N) is 1. The van der Waals surface area contributed by atoms with Crippen LogP contribution in [0.5, 0.6) is 0 Å². The largest absolute Gasteiger partial charge is 0.338 e. The zero-order valence-electron chi connectivity index (χ0n) is 12.4. The third-order valence-electron chi connectivity index (χ3n) is 3.23. The van der Waals surface area contributed by atoms with Crippen LogP contribution in [-0.2, 0) is 4.79 Å². The molecule has 0 spiro atoms. The average Bonchev–Trinajstić information content (AvgIpc) is 2.36. The first-order chi connectivity index (χ1) is 9.01. The second kappa shape index (κ2) is 9.96. The average molecular weight is 307 g/mol. The maximum Gasteiger partial charge on any atom is 0.321 e. The standard InChI is InChI=1S/C13H26N4O2.ClH/c1-10(2)7-15-13(19)16-12(18)9-17-5-3-4-11(6-14)8-17;/h10-11H,3-9,14H2,1-2H3,(H2,15,16,18,19);1H. The minimum absolute atomic E-state index is 0. The molecule has 1 heterocycles. The number of hydrogen-bond acceptors (Lipinski definition) is 4. The number of likely N-dealkylation sites (tertiary alicyclic amines) is 1. The monoisotopic (exact) mass is 306 g/mol. The molecule has 1 atom stereocenters. The molecule has 0 aromatic heterocycles. The number of urea groups is 1. The summed E-state index contributed by atoms with van der Waals surface area (Å²) in [6.07, 6.45) is 2.19. The van der Waals surface area contributed by atoms with Gasteiger partial charge in [-0.15, -0.1) is 12.4 Å². The van der Waals surface area contributed by atoms with Crippen LogP contribution in [0.15, 0.2) is 0 Å². The molecule has 0 bridgehead atoms. The van der Waals surface area contributed by atoms with Gasteiger partial charge >= 0.3 is 6.03 Å². The van der Waals surface area contributed by atoms with Crippen molar-refractivity contribution in [3.05, 3.63) is 0 Å². The summed E-state index contributed by atoms with van der Waals surface area (Å²) in [6, 6.07) is -0.411. The Hall–Kier alpha value is -0.850. The van der Waals surface area contributed by atoms with Crippen LogP contribution in [0, 0.1) is 11.8 Å². The van der Waals surface area contributed by atoms with E-state index in [-0.39, 0.29) is 24.9 Å². The maximum atomic E-state index is 11.7. The first-order valence-electron chi connectivity index (χ1n) is 7.01. The third kappa shape index (κ3) is 7.67. The topological polar surface area (TPSA) is 87.5 Å². The molecule has 0 aromatic rings. The SMILES string of the molecule is CC(C)CNC(=O)NC(=O)CN1CCCC(CN)C1.Cl. The number of halogens is 1. The number of amides is 3. The number of nitrogens with zero attached hydrogens (tertiary/aromatic N) is 1. The molecule has 1 fully saturated rings. The number of rotatable bonds is 5. The fraction of sp³-hybridized carbons (Fsp3) is 0.846. The molecule has 1 rings (SSSR count). The van der Waals surface area contributed by atoms with Crippen LogP contribution in [0.2, 0.25) is 0 Å². The maximum absolute atomic E-state index is 11.7. The molecule has 1 saturated heterocycles. The molecule has 6 nitrogen and oxygen atoms in total. The van der Waals surface area contributed by atoms with Crippen LogP contribution in [0.1, 0.15) is 26.7 Å². The van der Waals surface area contributed by atoms with Gasteiger partial charge in [-0.2, -0.15) is 0 Å². The molecule has 118 valence electrons. The summed E-state index contributed by atoms with van der Waals surface area (Å²) in [5.74, 6) is 0.587. The van der Waals surface area contributed by atoms with E-state index in [1.165, 1.54) is 0 Å². The minimum atomic E-state index is -0.411. The molecule has 7 heteroatoms. The van der Waals surface area contributed by atoms with E-state index in [2.05, 4.69) is 15.5 Å². The zero-order valence-corrected chi connectivity index (χ0v) is 13.2. The van der Waals surface area contributed by atoms with Gasteiger partial charge in [0.2, 0.25) is 5.91 Å². The quantitative estimate of drug-likeness (QED) is 0.692. The summed E-state index contributed by atoms with van der Waals surface area (Å²) in [7, 11) is 0. The Kier molecular flexibility index (Phi) is 9.54. The number of carbonyl (C=O) groups is 2. The van der Waals surface area contributed by atoms with Gasteiger partial charge < -0.3 is 11.1 Å². The first-order valence-corrected chi connectivity index (χ1v) is 7.01. The summed E-state index contributed by atoms with van der Waals surface area (Å²) < 4.78 is 0. The number of piperidine rings is 1. The highest BCUT2D eigenvalue weighted by Gasteiger charge is 2.21. The summed E-state index contributed by atoms with van der Waals surface area (Å²) >= 11 is 0. The molecule has 1 aliphatic rings. The second-order valence-corrected chi connectivity index (χ2v) is 5.63. The lowest BCUT2D eigenvalue weighted by Crippen LogP contribution is -2.47. The fourth-order valence-corrected chi connectivity index (χ4v) is 2.20. The van der Waals surface area contributed by atoms with Crippen molar-refractivity contribution in [2.45, 2.75) is 26.7 Å². The van der Waals surface area contributed by atoms with Gasteiger partial charge in [0.1, 0.15) is 0 Å². The van der Waals surface area contributed by atoms with E-state index < -0.39 is 6.03 Å². The predicted octanol–water partition coefficient (Wildman–Crippen LogP) is 0.561. The first kappa shape index (κ1) is 19.1. The van der Waals surface area contributed by atoms with Crippen molar-refractivity contribution in [3.63, 3.8) is 0 Å². The van der Waals surface area contributed by atoms with Crippen molar-refractivity contribution in [2.75, 3.05) is 32.7 Å². The smallest absolute Gasteiger partial charge is 0.321 e. The normalized spacial score (nSPS) is 19.3. The van der Waals surface area contributed by atoms with E-state index in [4.69, 9.17) is 5.73 Å². The molecule has 0 saturated carbocycles. The van der Waals surface area contributed by atoms with Gasteiger partial charge in [0, 0.05) is 13.1 Å². The lowest BCUT2D eigenvalue weighted by molar-refractivity contribution is -0.121. The predicted molar refractivity (Wildman–Crippen MR) is 81.8 cm³/mol. The molecule has 1 aliphatic heterocycles. The van der Waals surface area contributed by atoms with E-state index >= 15 is 0 Å². The molecular formula is C13H27ClN4O2. The molecule has 20 heavy (non-hydrogen) atoms. The lowest BCUT2D eigenvalue weighted by Gasteiger charge is -2.31. The Balaban J connectivity index is 0.00000361. The Labute approximate surface area is 127 Å². The van der Waals surface area contributed by atoms with E-state index in [0.717, 1.165) is 25.9 Å². The van der Waals surface area contributed by atoms with Gasteiger partial charge in [0.15, 0.2) is 0 Å². The molecule has 1 unspecified atom stereocenters. The summed E-state index contributed by atoms with van der Waals surface area (Å²) in [5.41, 5.74) is 5.65. The van der Waals surface area contributed by atoms with Crippen LogP contribution in [-0.4, -0.2) is 49.6 Å². The Morgan fingerprint density at radius 1 is 1.40 bits per heavy atom. The molecular weight excluding hydrogens is 280 g/mol. The van der Waals surface area contributed by atoms with E-state index in [1.807, 2.05) is 13.8 Å². The second-order valence-electron chi connectivity index (χ2n) is 5.63. The van der Waals surface area contributed by atoms with Crippen molar-refractivity contribution in [1.29, 1.82) is 0 Å². The van der Waals surface area contributed by atoms with Crippen LogP contribution in [0.4, 0.5) is 4.79 Å². The van der Waals surface area contributed by atoms with Gasteiger partial charge in [-0.05, 0) is 37.8 Å². The van der Waals surface area contributed by atoms with E-state index in [1.54, 1.807) is 0 Å². The third-order valence-corrected chi connectivity index (χ3v) is 3.23. The fourth-order valence-electron chi connectivity index (χ4n) is 2.20. The van der Waals surface area contributed by atoms with Crippen molar-refractivity contribution < 1.29 is 9.59 Å². The molecule has 3 amide bonds. The Morgan fingerprint density at radius 2 is 2.10 bits per heavy atom. The summed E-state index contributed by atoms with van der Waals surface area (Å²) in [6.45, 7) is 7.25. The van der Waals surface area contributed by atoms with Crippen molar-refractivity contribution in [1.82, 2.24) is 15.5 Å². The van der Waals surface area contributed by atoms with Crippen LogP contribution in [0.25, 0.3) is 0 Å². The van der Waals surface area contributed by atoms with E-state index in [9.17, 15) is 9.59 Å². The van der Waals surface area contributed by atoms with Crippen LogP contribution in [0.3, 0.4) is 0 Å². The minimum Gasteiger partial charge on any atom is -0.338 e. The number of imide groups is 1. The Morgan fingerprint density at radius 3 is 2.70 bits per heavy atom. The number of carbonyl (C=O) groups excluding carboxylic acids is 2. The highest BCUT2D eigenvalue weighted by molar-refractivity contribution is 5.95. The van der Waals surface area contributed by atoms with Crippen LogP contribution >= 0.6 is 12.4 Å². The highest BCUT2D eigenvalue weighted by atomic mass is 35.5. The van der Waals surface area contributed by atoms with Crippen molar-refractivity contribution in [3.8, 4) is 0 Å². The van der Waals surface area contributed by atoms with Crippen LogP contribution < -0.4 is 16.4 Å². The van der Waals surface area contributed by atoms with Gasteiger partial charge in [-0.1, -0.05) is 13.8 Å². The molecule has 0 aromatic carbocycles. The van der Waals surface area contributed by atoms with Gasteiger partial charge in [0.25, 0.3) is 0 Å². The number of nitrogens with one attached hydrogen (secondary N) is 2. The van der Waals surface area contributed by atoms with Crippen molar-refractivity contribution >= 4 is 24.3 Å². The van der Waals surface area contributed by atoms with Gasteiger partial charge in [-0.25, -0.2) is 4.79 Å². The highest BCUT2D eigenvalue weighted by Crippen LogP contribution is 2.14. The van der Waals surface area contributed by atoms with Gasteiger partial charge in [0.05, 0.1) is 6.54 Å². The molecule has 0 radical (unpaired) electrons.